The molecule has 2 atom stereocenters. The monoisotopic (exact) mass is 171 g/mol. The summed E-state index contributed by atoms with van der Waals surface area (Å²) in [4.78, 5) is 0. The third kappa shape index (κ3) is 1.79. The molecule has 12 heavy (non-hydrogen) atoms. The zero-order valence-corrected chi connectivity index (χ0v) is 7.56. The molecule has 0 aromatic carbocycles. The molecule has 1 saturated heterocycles. The van der Waals surface area contributed by atoms with Crippen LogP contribution in [-0.2, 0) is 0 Å². The quantitative estimate of drug-likeness (QED) is 0.671. The highest BCUT2D eigenvalue weighted by Crippen LogP contribution is 2.35. The molecular weight excluding hydrogens is 153 g/mol. The molecule has 2 aliphatic rings. The SMILES string of the molecule is FC1CNCCC1CC1CCC1. The molecule has 2 rings (SSSR count). The Bertz CT molecular complexity index is 145. The van der Waals surface area contributed by atoms with Gasteiger partial charge in [0.25, 0.3) is 0 Å². The fourth-order valence-electron chi connectivity index (χ4n) is 2.30. The van der Waals surface area contributed by atoms with Crippen LogP contribution in [-0.4, -0.2) is 19.3 Å². The molecule has 0 aromatic rings. The third-order valence-corrected chi connectivity index (χ3v) is 3.40. The van der Waals surface area contributed by atoms with Crippen LogP contribution in [0.4, 0.5) is 4.39 Å². The fraction of sp³-hybridized carbons (Fsp3) is 1.00. The predicted octanol–water partition coefficient (Wildman–Crippen LogP) is 2.12. The Balaban J connectivity index is 1.76. The van der Waals surface area contributed by atoms with E-state index in [4.69, 9.17) is 0 Å². The first-order chi connectivity index (χ1) is 5.86. The predicted molar refractivity (Wildman–Crippen MR) is 47.8 cm³/mol. The van der Waals surface area contributed by atoms with Gasteiger partial charge in [-0.2, -0.15) is 0 Å². The fourth-order valence-corrected chi connectivity index (χ4v) is 2.30. The van der Waals surface area contributed by atoms with Gasteiger partial charge in [-0.1, -0.05) is 19.3 Å². The van der Waals surface area contributed by atoms with Crippen LogP contribution in [0.25, 0.3) is 0 Å². The van der Waals surface area contributed by atoms with Crippen LogP contribution in [0.15, 0.2) is 0 Å². The smallest absolute Gasteiger partial charge is 0.115 e. The van der Waals surface area contributed by atoms with E-state index in [1.165, 1.54) is 19.3 Å². The van der Waals surface area contributed by atoms with Gasteiger partial charge in [0, 0.05) is 6.54 Å². The van der Waals surface area contributed by atoms with Crippen molar-refractivity contribution in [3.63, 3.8) is 0 Å². The van der Waals surface area contributed by atoms with Crippen molar-refractivity contribution in [2.45, 2.75) is 38.3 Å². The van der Waals surface area contributed by atoms with Gasteiger partial charge < -0.3 is 5.32 Å². The minimum Gasteiger partial charge on any atom is -0.314 e. The maximum Gasteiger partial charge on any atom is 0.115 e. The number of piperidine rings is 1. The van der Waals surface area contributed by atoms with Gasteiger partial charge in [-0.15, -0.1) is 0 Å². The van der Waals surface area contributed by atoms with E-state index in [0.717, 1.165) is 25.3 Å². The molecule has 1 aliphatic heterocycles. The molecule has 2 fully saturated rings. The van der Waals surface area contributed by atoms with Crippen LogP contribution >= 0.6 is 0 Å². The van der Waals surface area contributed by atoms with E-state index < -0.39 is 6.17 Å². The minimum absolute atomic E-state index is 0.372. The van der Waals surface area contributed by atoms with Crippen LogP contribution in [0.1, 0.15) is 32.1 Å². The standard InChI is InChI=1S/C10H18FN/c11-10-7-12-5-4-9(10)6-8-2-1-3-8/h8-10,12H,1-7H2. The van der Waals surface area contributed by atoms with E-state index in [-0.39, 0.29) is 0 Å². The Morgan fingerprint density at radius 3 is 2.67 bits per heavy atom. The van der Waals surface area contributed by atoms with Crippen molar-refractivity contribution in [1.82, 2.24) is 5.32 Å². The van der Waals surface area contributed by atoms with Crippen LogP contribution in [0, 0.1) is 11.8 Å². The second-order valence-corrected chi connectivity index (χ2v) is 4.30. The van der Waals surface area contributed by atoms with E-state index in [0.29, 0.717) is 12.5 Å². The zero-order valence-electron chi connectivity index (χ0n) is 7.56. The first kappa shape index (κ1) is 8.49. The first-order valence-electron chi connectivity index (χ1n) is 5.21. The summed E-state index contributed by atoms with van der Waals surface area (Å²) in [5.41, 5.74) is 0. The highest BCUT2D eigenvalue weighted by atomic mass is 19.1. The molecule has 1 nitrogen and oxygen atoms in total. The average molecular weight is 171 g/mol. The van der Waals surface area contributed by atoms with Gasteiger partial charge in [0.15, 0.2) is 0 Å². The van der Waals surface area contributed by atoms with Gasteiger partial charge in [-0.25, -0.2) is 4.39 Å². The van der Waals surface area contributed by atoms with E-state index in [1.54, 1.807) is 0 Å². The largest absolute Gasteiger partial charge is 0.314 e. The van der Waals surface area contributed by atoms with Crippen LogP contribution in [0.5, 0.6) is 0 Å². The van der Waals surface area contributed by atoms with Crippen molar-refractivity contribution in [2.75, 3.05) is 13.1 Å². The summed E-state index contributed by atoms with van der Waals surface area (Å²) < 4.78 is 13.3. The second-order valence-electron chi connectivity index (χ2n) is 4.30. The summed E-state index contributed by atoms with van der Waals surface area (Å²) in [6, 6.07) is 0. The maximum absolute atomic E-state index is 13.3. The van der Waals surface area contributed by atoms with Crippen molar-refractivity contribution < 1.29 is 4.39 Å². The van der Waals surface area contributed by atoms with Crippen molar-refractivity contribution >= 4 is 0 Å². The number of hydrogen-bond donors (Lipinski definition) is 1. The summed E-state index contributed by atoms with van der Waals surface area (Å²) in [7, 11) is 0. The molecule has 1 aliphatic carbocycles. The van der Waals surface area contributed by atoms with E-state index in [1.807, 2.05) is 0 Å². The lowest BCUT2D eigenvalue weighted by atomic mass is 9.76. The summed E-state index contributed by atoms with van der Waals surface area (Å²) >= 11 is 0. The summed E-state index contributed by atoms with van der Waals surface area (Å²) in [5.74, 6) is 1.24. The maximum atomic E-state index is 13.3. The Hall–Kier alpha value is -0.110. The van der Waals surface area contributed by atoms with Crippen LogP contribution < -0.4 is 5.32 Å². The van der Waals surface area contributed by atoms with E-state index in [9.17, 15) is 4.39 Å². The summed E-state index contributed by atoms with van der Waals surface area (Å²) in [6.45, 7) is 1.62. The summed E-state index contributed by atoms with van der Waals surface area (Å²) in [6.07, 6.45) is 5.74. The van der Waals surface area contributed by atoms with Crippen molar-refractivity contribution in [1.29, 1.82) is 0 Å². The Morgan fingerprint density at radius 2 is 2.08 bits per heavy atom. The van der Waals surface area contributed by atoms with Crippen LogP contribution in [0.3, 0.4) is 0 Å². The van der Waals surface area contributed by atoms with Gasteiger partial charge in [-0.3, -0.25) is 0 Å². The number of rotatable bonds is 2. The highest BCUT2D eigenvalue weighted by molar-refractivity contribution is 4.82. The van der Waals surface area contributed by atoms with E-state index >= 15 is 0 Å². The number of alkyl halides is 1. The molecule has 0 spiro atoms. The lowest BCUT2D eigenvalue weighted by Gasteiger charge is -2.33. The molecule has 70 valence electrons. The average Bonchev–Trinajstić information content (AvgIpc) is 2.00. The lowest BCUT2D eigenvalue weighted by Crippen LogP contribution is -2.39. The topological polar surface area (TPSA) is 12.0 Å². The molecule has 1 N–H and O–H groups in total. The molecule has 1 heterocycles. The molecule has 1 saturated carbocycles. The lowest BCUT2D eigenvalue weighted by molar-refractivity contribution is 0.130. The molecule has 0 radical (unpaired) electrons. The van der Waals surface area contributed by atoms with Crippen LogP contribution in [0.2, 0.25) is 0 Å². The Morgan fingerprint density at radius 1 is 1.25 bits per heavy atom. The van der Waals surface area contributed by atoms with Crippen molar-refractivity contribution in [3.05, 3.63) is 0 Å². The normalized spacial score (nSPS) is 37.8. The second kappa shape index (κ2) is 3.73. The molecule has 2 unspecified atom stereocenters. The van der Waals surface area contributed by atoms with Crippen molar-refractivity contribution in [2.24, 2.45) is 11.8 Å². The van der Waals surface area contributed by atoms with Crippen molar-refractivity contribution in [3.8, 4) is 0 Å². The highest BCUT2D eigenvalue weighted by Gasteiger charge is 2.29. The minimum atomic E-state index is -0.570. The van der Waals surface area contributed by atoms with E-state index in [2.05, 4.69) is 5.32 Å². The van der Waals surface area contributed by atoms with Gasteiger partial charge in [0.05, 0.1) is 0 Å². The molecule has 2 heteroatoms. The Kier molecular flexibility index (Phi) is 2.64. The Labute approximate surface area is 73.7 Å². The molecule has 0 aromatic heterocycles. The molecular formula is C10H18FN. The number of hydrogen-bond acceptors (Lipinski definition) is 1. The molecule has 0 bridgehead atoms. The molecule has 0 amide bonds. The third-order valence-electron chi connectivity index (χ3n) is 3.40. The number of nitrogens with one attached hydrogen (secondary N) is 1. The summed E-state index contributed by atoms with van der Waals surface area (Å²) in [5, 5.41) is 3.10. The van der Waals surface area contributed by atoms with Gasteiger partial charge in [0.1, 0.15) is 6.17 Å². The van der Waals surface area contributed by atoms with Gasteiger partial charge in [-0.05, 0) is 31.2 Å². The zero-order chi connectivity index (χ0) is 8.39. The number of halogens is 1. The van der Waals surface area contributed by atoms with Gasteiger partial charge >= 0.3 is 0 Å². The van der Waals surface area contributed by atoms with Gasteiger partial charge in [0.2, 0.25) is 0 Å². The first-order valence-corrected chi connectivity index (χ1v) is 5.21.